The van der Waals surface area contributed by atoms with Gasteiger partial charge in [-0.1, -0.05) is 67.1 Å². The minimum atomic E-state index is -0.222. The van der Waals surface area contributed by atoms with Crippen molar-refractivity contribution in [2.45, 2.75) is 40.0 Å². The fourth-order valence-corrected chi connectivity index (χ4v) is 5.48. The van der Waals surface area contributed by atoms with Crippen LogP contribution in [0.25, 0.3) is 43.6 Å². The maximum Gasteiger partial charge on any atom is 0.156 e. The van der Waals surface area contributed by atoms with Crippen LogP contribution in [0.3, 0.4) is 0 Å². The molecule has 6 rings (SSSR count). The average molecular weight is 478 g/mol. The number of hydrogen-bond acceptors (Lipinski definition) is 3. The number of aryl methyl sites for hydroxylation is 1. The highest BCUT2D eigenvalue weighted by atomic mass is 19.3. The van der Waals surface area contributed by atoms with E-state index in [2.05, 4.69) is 85.5 Å². The number of allylic oxidation sites excluding steroid dienone is 2. The number of fused-ring (bicyclic) bond motifs is 7. The number of carbonyl (C=O) groups excluding carboxylic acids is 1. The molecule has 1 heterocycles. The van der Waals surface area contributed by atoms with Gasteiger partial charge in [0.05, 0.1) is 5.69 Å². The molecule has 180 valence electrons. The molecule has 0 aliphatic heterocycles. The fourth-order valence-electron chi connectivity index (χ4n) is 5.48. The molecule has 1 atom stereocenters. The maximum absolute atomic E-state index is 11.0. The number of hydrogen-bond donors (Lipinski definition) is 0. The van der Waals surface area contributed by atoms with E-state index in [-0.39, 0.29) is 11.5 Å². The lowest BCUT2D eigenvalue weighted by atomic mass is 9.74. The van der Waals surface area contributed by atoms with Gasteiger partial charge in [0, 0.05) is 27.7 Å². The third kappa shape index (κ3) is 4.13. The smallest absolute Gasteiger partial charge is 0.156 e. The highest BCUT2D eigenvalue weighted by molar-refractivity contribution is 6.28. The first-order chi connectivity index (χ1) is 17.4. The molecule has 36 heavy (non-hydrogen) atoms. The monoisotopic (exact) mass is 477 g/mol. The first-order valence-corrected chi connectivity index (χ1v) is 12.2. The van der Waals surface area contributed by atoms with Crippen LogP contribution in [0.2, 0.25) is 0 Å². The van der Waals surface area contributed by atoms with Crippen LogP contribution in [0, 0.1) is 6.92 Å². The van der Waals surface area contributed by atoms with Gasteiger partial charge >= 0.3 is 0 Å². The Morgan fingerprint density at radius 1 is 0.944 bits per heavy atom. The van der Waals surface area contributed by atoms with E-state index in [1.165, 1.54) is 74.8 Å². The van der Waals surface area contributed by atoms with Gasteiger partial charge in [0.1, 0.15) is 5.76 Å². The molecule has 3 nitrogen and oxygen atoms in total. The van der Waals surface area contributed by atoms with E-state index >= 15 is 0 Å². The SMILES string of the molecule is CC(=O)/C=C(/C)OF.Cc1cc2c(c(-c3nccc4c5ccccc5c5ccccc5c34)c1)C(C)C2. The zero-order valence-corrected chi connectivity index (χ0v) is 20.9. The van der Waals surface area contributed by atoms with Gasteiger partial charge in [-0.3, -0.25) is 14.7 Å². The van der Waals surface area contributed by atoms with E-state index in [9.17, 15) is 9.32 Å². The highest BCUT2D eigenvalue weighted by Gasteiger charge is 2.27. The first-order valence-electron chi connectivity index (χ1n) is 12.2. The van der Waals surface area contributed by atoms with Gasteiger partial charge in [-0.25, -0.2) is 0 Å². The molecular weight excluding hydrogens is 449 g/mol. The largest absolute Gasteiger partial charge is 0.299 e. The van der Waals surface area contributed by atoms with Gasteiger partial charge in [0.2, 0.25) is 0 Å². The Hall–Kier alpha value is -4.05. The van der Waals surface area contributed by atoms with E-state index < -0.39 is 0 Å². The van der Waals surface area contributed by atoms with Gasteiger partial charge in [0.25, 0.3) is 0 Å². The number of carbonyl (C=O) groups is 1. The van der Waals surface area contributed by atoms with Crippen molar-refractivity contribution in [3.05, 3.63) is 101 Å². The number of rotatable bonds is 3. The summed E-state index contributed by atoms with van der Waals surface area (Å²) < 4.78 is 11.0. The average Bonchev–Trinajstić information content (AvgIpc) is 2.87. The molecular formula is C32H28FNO2. The van der Waals surface area contributed by atoms with Crippen molar-refractivity contribution in [1.29, 1.82) is 0 Å². The first kappa shape index (κ1) is 23.7. The van der Waals surface area contributed by atoms with Crippen molar-refractivity contribution in [2.75, 3.05) is 0 Å². The molecule has 1 unspecified atom stereocenters. The molecule has 4 aromatic carbocycles. The number of aromatic nitrogens is 1. The number of benzene rings is 4. The van der Waals surface area contributed by atoms with Crippen molar-refractivity contribution in [3.8, 4) is 11.3 Å². The molecule has 0 saturated carbocycles. The summed E-state index contributed by atoms with van der Waals surface area (Å²) in [6, 6.07) is 24.4. The lowest BCUT2D eigenvalue weighted by Crippen LogP contribution is -2.16. The quantitative estimate of drug-likeness (QED) is 0.148. The number of pyridine rings is 1. The molecule has 5 aromatic rings. The Bertz CT molecular complexity index is 1620. The van der Waals surface area contributed by atoms with Gasteiger partial charge < -0.3 is 0 Å². The molecule has 4 heteroatoms. The summed E-state index contributed by atoms with van der Waals surface area (Å²) in [5.41, 5.74) is 6.75. The van der Waals surface area contributed by atoms with Crippen LogP contribution in [0.5, 0.6) is 0 Å². The van der Waals surface area contributed by atoms with E-state index in [0.717, 1.165) is 11.8 Å². The third-order valence-corrected chi connectivity index (χ3v) is 6.87. The molecule has 0 radical (unpaired) electrons. The van der Waals surface area contributed by atoms with Crippen LogP contribution in [-0.2, 0) is 16.2 Å². The Morgan fingerprint density at radius 2 is 1.53 bits per heavy atom. The summed E-state index contributed by atoms with van der Waals surface area (Å²) in [4.78, 5) is 18.2. The van der Waals surface area contributed by atoms with Crippen LogP contribution in [0.1, 0.15) is 43.4 Å². The van der Waals surface area contributed by atoms with Crippen molar-refractivity contribution in [1.82, 2.24) is 4.98 Å². The Kier molecular flexibility index (Phi) is 6.27. The second kappa shape index (κ2) is 9.54. The Morgan fingerprint density at radius 3 is 2.08 bits per heavy atom. The standard InChI is InChI=1S/C27H21N.C5H7FO2/c1-16-13-18-15-17(2)25(18)24(14-16)27-26-22-10-6-5-8-20(22)19-7-3-4-9-21(19)23(26)11-12-28-27;1-4(7)3-5(2)8-6/h3-14,17H,15H2,1-2H3;3H,1-2H3/b;5-3-. The molecule has 1 aromatic heterocycles. The zero-order valence-electron chi connectivity index (χ0n) is 20.9. The second-order valence-electron chi connectivity index (χ2n) is 9.61. The summed E-state index contributed by atoms with van der Waals surface area (Å²) in [6.45, 7) is 7.22. The van der Waals surface area contributed by atoms with Crippen molar-refractivity contribution < 1.29 is 14.3 Å². The van der Waals surface area contributed by atoms with Crippen LogP contribution in [0.15, 0.2) is 84.8 Å². The van der Waals surface area contributed by atoms with E-state index in [0.29, 0.717) is 5.92 Å². The minimum Gasteiger partial charge on any atom is -0.299 e. The molecule has 0 spiro atoms. The lowest BCUT2D eigenvalue weighted by molar-refractivity contribution is -0.114. The van der Waals surface area contributed by atoms with E-state index in [1.54, 1.807) is 0 Å². The van der Waals surface area contributed by atoms with Gasteiger partial charge in [0.15, 0.2) is 5.78 Å². The summed E-state index contributed by atoms with van der Waals surface area (Å²) >= 11 is 0. The van der Waals surface area contributed by atoms with Crippen LogP contribution in [0.4, 0.5) is 4.53 Å². The van der Waals surface area contributed by atoms with Gasteiger partial charge in [-0.15, -0.1) is 0 Å². The summed E-state index contributed by atoms with van der Waals surface area (Å²) in [5, 5.41) is 7.79. The molecule has 0 fully saturated rings. The maximum atomic E-state index is 11.0. The molecule has 0 saturated heterocycles. The van der Waals surface area contributed by atoms with Crippen molar-refractivity contribution >= 4 is 38.1 Å². The van der Waals surface area contributed by atoms with Gasteiger partial charge in [-0.2, -0.15) is 0 Å². The number of nitrogens with zero attached hydrogens (tertiary/aromatic N) is 1. The van der Waals surface area contributed by atoms with Gasteiger partial charge in [-0.05, 0) is 83.3 Å². The topological polar surface area (TPSA) is 39.2 Å². The zero-order chi connectivity index (χ0) is 25.4. The lowest BCUT2D eigenvalue weighted by Gasteiger charge is -2.31. The van der Waals surface area contributed by atoms with Crippen molar-refractivity contribution in [2.24, 2.45) is 0 Å². The number of ketones is 1. The molecule has 0 N–H and O–H groups in total. The number of halogens is 1. The summed E-state index contributed by atoms with van der Waals surface area (Å²) in [6.07, 6.45) is 4.23. The van der Waals surface area contributed by atoms with Crippen molar-refractivity contribution in [3.63, 3.8) is 0 Å². The summed E-state index contributed by atoms with van der Waals surface area (Å²) in [7, 11) is 0. The van der Waals surface area contributed by atoms with Crippen LogP contribution >= 0.6 is 0 Å². The molecule has 0 bridgehead atoms. The van der Waals surface area contributed by atoms with Crippen LogP contribution < -0.4 is 0 Å². The predicted molar refractivity (Wildman–Crippen MR) is 146 cm³/mol. The fraction of sp³-hybridized carbons (Fsp3) is 0.188. The third-order valence-electron chi connectivity index (χ3n) is 6.87. The Balaban J connectivity index is 0.000000292. The Labute approximate surface area is 210 Å². The van der Waals surface area contributed by atoms with Crippen LogP contribution in [-0.4, -0.2) is 10.8 Å². The molecule has 0 amide bonds. The molecule has 1 aliphatic carbocycles. The predicted octanol–water partition coefficient (Wildman–Crippen LogP) is 8.56. The normalized spacial score (nSPS) is 14.7. The minimum absolute atomic E-state index is 0.0162. The van der Waals surface area contributed by atoms with E-state index in [1.807, 2.05) is 6.20 Å². The summed E-state index contributed by atoms with van der Waals surface area (Å²) in [5.74, 6) is 0.368. The second-order valence-corrected chi connectivity index (χ2v) is 9.61. The van der Waals surface area contributed by atoms with E-state index in [4.69, 9.17) is 4.98 Å². The highest BCUT2D eigenvalue weighted by Crippen LogP contribution is 2.45. The molecule has 1 aliphatic rings.